The summed E-state index contributed by atoms with van der Waals surface area (Å²) in [5, 5.41) is 11.5. The fraction of sp³-hybridized carbons (Fsp3) is 0.333. The highest BCUT2D eigenvalue weighted by molar-refractivity contribution is 5.96. The van der Waals surface area contributed by atoms with Crippen molar-refractivity contribution in [3.63, 3.8) is 0 Å². The van der Waals surface area contributed by atoms with Gasteiger partial charge in [-0.15, -0.1) is 0 Å². The number of aryl methyl sites for hydroxylation is 1. The summed E-state index contributed by atoms with van der Waals surface area (Å²) < 4.78 is 71.6. The molecular formula is C18H16F5N3O2. The lowest BCUT2D eigenvalue weighted by Crippen LogP contribution is -2.47. The maximum Gasteiger partial charge on any atom is 0.454 e. The van der Waals surface area contributed by atoms with Crippen molar-refractivity contribution in [2.45, 2.75) is 37.3 Å². The normalized spacial score (nSPS) is 16.7. The number of rotatable bonds is 5. The molecule has 0 radical (unpaired) electrons. The molecule has 5 nitrogen and oxygen atoms in total. The number of hydrogen-bond acceptors (Lipinski definition) is 4. The molecule has 1 aliphatic rings. The lowest BCUT2D eigenvalue weighted by atomic mass is 9.88. The fourth-order valence-corrected chi connectivity index (χ4v) is 3.00. The van der Waals surface area contributed by atoms with Gasteiger partial charge in [-0.3, -0.25) is 0 Å². The van der Waals surface area contributed by atoms with Gasteiger partial charge in [0.1, 0.15) is 5.75 Å². The highest BCUT2D eigenvalue weighted by Gasteiger charge is 2.75. The molecule has 0 atom stereocenters. The predicted molar refractivity (Wildman–Crippen MR) is 89.9 cm³/mol. The van der Waals surface area contributed by atoms with Crippen LogP contribution in [-0.2, 0) is 5.41 Å². The van der Waals surface area contributed by atoms with E-state index in [0.717, 1.165) is 0 Å². The van der Waals surface area contributed by atoms with Crippen LogP contribution >= 0.6 is 0 Å². The maximum atomic E-state index is 13.9. The SMILES string of the molecule is Cc1cc(C(N)=NO)cnc1Oc1ccc(C2(C(F)(F)C(F)(F)F)CC2)cc1. The molecule has 0 spiro atoms. The zero-order valence-electron chi connectivity index (χ0n) is 14.6. The number of hydrogen-bond donors (Lipinski definition) is 2. The Labute approximate surface area is 156 Å². The number of pyridine rings is 1. The number of halogens is 5. The summed E-state index contributed by atoms with van der Waals surface area (Å²) in [4.78, 5) is 4.03. The van der Waals surface area contributed by atoms with E-state index < -0.39 is 17.5 Å². The second-order valence-electron chi connectivity index (χ2n) is 6.61. The molecule has 1 heterocycles. The number of nitrogens with zero attached hydrogens (tertiary/aromatic N) is 2. The Morgan fingerprint density at radius 3 is 2.25 bits per heavy atom. The minimum atomic E-state index is -5.61. The molecule has 1 aromatic carbocycles. The molecular weight excluding hydrogens is 385 g/mol. The number of benzene rings is 1. The van der Waals surface area contributed by atoms with Gasteiger partial charge < -0.3 is 15.7 Å². The summed E-state index contributed by atoms with van der Waals surface area (Å²) in [5.41, 5.74) is 4.08. The summed E-state index contributed by atoms with van der Waals surface area (Å²) >= 11 is 0. The van der Waals surface area contributed by atoms with E-state index in [-0.39, 0.29) is 35.9 Å². The minimum absolute atomic E-state index is 0.0888. The highest BCUT2D eigenvalue weighted by Crippen LogP contribution is 2.63. The first kappa shape index (κ1) is 19.8. The van der Waals surface area contributed by atoms with Crippen molar-refractivity contribution in [2.75, 3.05) is 0 Å². The second kappa shape index (κ2) is 6.61. The van der Waals surface area contributed by atoms with Crippen LogP contribution in [-0.4, -0.2) is 28.1 Å². The monoisotopic (exact) mass is 401 g/mol. The molecule has 1 aromatic heterocycles. The zero-order valence-corrected chi connectivity index (χ0v) is 14.6. The molecule has 0 saturated heterocycles. The van der Waals surface area contributed by atoms with Gasteiger partial charge >= 0.3 is 12.1 Å². The molecule has 0 amide bonds. The molecule has 2 aromatic rings. The number of oxime groups is 1. The number of amidine groups is 1. The first-order valence-electron chi connectivity index (χ1n) is 8.19. The van der Waals surface area contributed by atoms with Crippen LogP contribution in [0.3, 0.4) is 0 Å². The molecule has 10 heteroatoms. The molecule has 150 valence electrons. The van der Waals surface area contributed by atoms with Crippen LogP contribution in [0.25, 0.3) is 0 Å². The van der Waals surface area contributed by atoms with Gasteiger partial charge in [0.05, 0.1) is 5.41 Å². The van der Waals surface area contributed by atoms with Crippen LogP contribution in [0.1, 0.15) is 29.5 Å². The number of ether oxygens (including phenoxy) is 1. The lowest BCUT2D eigenvalue weighted by Gasteiger charge is -2.29. The van der Waals surface area contributed by atoms with Crippen LogP contribution in [0, 0.1) is 6.92 Å². The highest BCUT2D eigenvalue weighted by atomic mass is 19.4. The van der Waals surface area contributed by atoms with Gasteiger partial charge in [-0.05, 0) is 43.5 Å². The van der Waals surface area contributed by atoms with Crippen LogP contribution in [0.4, 0.5) is 22.0 Å². The average molecular weight is 401 g/mol. The molecule has 3 rings (SSSR count). The number of aromatic nitrogens is 1. The van der Waals surface area contributed by atoms with E-state index in [9.17, 15) is 22.0 Å². The second-order valence-corrected chi connectivity index (χ2v) is 6.61. The standard InChI is InChI=1S/C18H16F5N3O2/c1-10-8-11(14(24)26-27)9-25-15(10)28-13-4-2-12(3-5-13)16(6-7-16)17(19,20)18(21,22)23/h2-5,8-9,27H,6-7H2,1H3,(H2,24,26). The van der Waals surface area contributed by atoms with Crippen molar-refractivity contribution in [2.24, 2.45) is 10.9 Å². The van der Waals surface area contributed by atoms with Gasteiger partial charge in [-0.1, -0.05) is 17.3 Å². The largest absolute Gasteiger partial charge is 0.454 e. The van der Waals surface area contributed by atoms with E-state index in [1.54, 1.807) is 13.0 Å². The molecule has 0 bridgehead atoms. The molecule has 1 fully saturated rings. The van der Waals surface area contributed by atoms with E-state index in [4.69, 9.17) is 15.7 Å². The number of alkyl halides is 5. The molecule has 3 N–H and O–H groups in total. The first-order valence-corrected chi connectivity index (χ1v) is 8.19. The number of nitrogens with two attached hydrogens (primary N) is 1. The Bertz CT molecular complexity index is 906. The van der Waals surface area contributed by atoms with Crippen LogP contribution < -0.4 is 10.5 Å². The van der Waals surface area contributed by atoms with E-state index >= 15 is 0 Å². The van der Waals surface area contributed by atoms with Gasteiger partial charge in [0, 0.05) is 17.3 Å². The van der Waals surface area contributed by atoms with Gasteiger partial charge in [0.2, 0.25) is 5.88 Å². The van der Waals surface area contributed by atoms with Gasteiger partial charge in [-0.2, -0.15) is 22.0 Å². The maximum absolute atomic E-state index is 13.9. The molecule has 0 unspecified atom stereocenters. The van der Waals surface area contributed by atoms with Crippen LogP contribution in [0.15, 0.2) is 41.7 Å². The minimum Gasteiger partial charge on any atom is -0.439 e. The van der Waals surface area contributed by atoms with E-state index in [1.165, 1.54) is 30.5 Å². The summed E-state index contributed by atoms with van der Waals surface area (Å²) in [6, 6.07) is 6.62. The summed E-state index contributed by atoms with van der Waals surface area (Å²) in [6.45, 7) is 1.66. The van der Waals surface area contributed by atoms with Crippen molar-refractivity contribution in [1.29, 1.82) is 0 Å². The summed E-state index contributed by atoms with van der Waals surface area (Å²) in [5.74, 6) is -4.53. The van der Waals surface area contributed by atoms with E-state index in [2.05, 4.69) is 10.1 Å². The average Bonchev–Trinajstić information content (AvgIpc) is 3.45. The Kier molecular flexibility index (Phi) is 4.68. The topological polar surface area (TPSA) is 80.7 Å². The van der Waals surface area contributed by atoms with Crippen molar-refractivity contribution < 1.29 is 31.9 Å². The predicted octanol–water partition coefficient (Wildman–Crippen LogP) is 4.51. The van der Waals surface area contributed by atoms with Gasteiger partial charge in [0.15, 0.2) is 5.84 Å². The summed E-state index contributed by atoms with van der Waals surface area (Å²) in [7, 11) is 0. The third-order valence-corrected chi connectivity index (χ3v) is 4.76. The zero-order chi connectivity index (χ0) is 20.7. The van der Waals surface area contributed by atoms with Gasteiger partial charge in [0.25, 0.3) is 0 Å². The van der Waals surface area contributed by atoms with Crippen molar-refractivity contribution in [3.05, 3.63) is 53.2 Å². The van der Waals surface area contributed by atoms with Gasteiger partial charge in [-0.25, -0.2) is 4.98 Å². The Hall–Kier alpha value is -2.91. The molecule has 28 heavy (non-hydrogen) atoms. The van der Waals surface area contributed by atoms with Crippen molar-refractivity contribution in [1.82, 2.24) is 4.98 Å². The molecule has 1 saturated carbocycles. The van der Waals surface area contributed by atoms with Crippen molar-refractivity contribution in [3.8, 4) is 11.6 Å². The third-order valence-electron chi connectivity index (χ3n) is 4.76. The van der Waals surface area contributed by atoms with Crippen LogP contribution in [0.2, 0.25) is 0 Å². The quantitative estimate of drug-likeness (QED) is 0.254. The molecule has 0 aliphatic heterocycles. The Morgan fingerprint density at radius 1 is 1.18 bits per heavy atom. The fourth-order valence-electron chi connectivity index (χ4n) is 3.00. The Balaban J connectivity index is 1.81. The van der Waals surface area contributed by atoms with E-state index in [0.29, 0.717) is 11.1 Å². The van der Waals surface area contributed by atoms with Crippen molar-refractivity contribution >= 4 is 5.84 Å². The first-order chi connectivity index (χ1) is 13.0. The van der Waals surface area contributed by atoms with E-state index in [1.807, 2.05) is 0 Å². The lowest BCUT2D eigenvalue weighted by molar-refractivity contribution is -0.296. The molecule has 1 aliphatic carbocycles. The smallest absolute Gasteiger partial charge is 0.439 e. The summed E-state index contributed by atoms with van der Waals surface area (Å²) in [6.07, 6.45) is -4.78. The van der Waals surface area contributed by atoms with Crippen LogP contribution in [0.5, 0.6) is 11.6 Å². The Morgan fingerprint density at radius 2 is 1.79 bits per heavy atom. The third kappa shape index (κ3) is 3.23.